The van der Waals surface area contributed by atoms with Crippen LogP contribution in [0.4, 0.5) is 4.39 Å². The molecule has 23 heavy (non-hydrogen) atoms. The number of carbonyl (C=O) groups excluding carboxylic acids is 2. The van der Waals surface area contributed by atoms with E-state index in [1.807, 2.05) is 0 Å². The Morgan fingerprint density at radius 3 is 2.35 bits per heavy atom. The number of nitrogens with zero attached hydrogens (tertiary/aromatic N) is 1. The molecule has 0 bridgehead atoms. The Morgan fingerprint density at radius 2 is 1.83 bits per heavy atom. The number of hydrogen-bond acceptors (Lipinski definition) is 5. The van der Waals surface area contributed by atoms with Crippen molar-refractivity contribution in [3.8, 4) is 0 Å². The third-order valence-corrected chi connectivity index (χ3v) is 3.36. The molecule has 0 unspecified atom stereocenters. The molecule has 0 N–H and O–H groups in total. The lowest BCUT2D eigenvalue weighted by atomic mass is 9.99. The molecular formula is C15H16Cl2FNO4. The number of ether oxygens (including phenoxy) is 2. The Kier molecular flexibility index (Phi) is 7.45. The van der Waals surface area contributed by atoms with Gasteiger partial charge in [-0.2, -0.15) is 0 Å². The summed E-state index contributed by atoms with van der Waals surface area (Å²) in [5, 5.41) is -0.722. The molecule has 1 aromatic heterocycles. The fourth-order valence-corrected chi connectivity index (χ4v) is 2.34. The van der Waals surface area contributed by atoms with Crippen molar-refractivity contribution >= 4 is 35.0 Å². The second kappa shape index (κ2) is 8.84. The van der Waals surface area contributed by atoms with Crippen molar-refractivity contribution < 1.29 is 23.5 Å². The van der Waals surface area contributed by atoms with E-state index in [0.29, 0.717) is 0 Å². The lowest BCUT2D eigenvalue weighted by Gasteiger charge is -2.12. The minimum atomic E-state index is -0.889. The van der Waals surface area contributed by atoms with Gasteiger partial charge in [0.1, 0.15) is 17.0 Å². The minimum absolute atomic E-state index is 0.0216. The molecule has 0 amide bonds. The van der Waals surface area contributed by atoms with E-state index in [0.717, 1.165) is 6.26 Å². The predicted octanol–water partition coefficient (Wildman–Crippen LogP) is 3.76. The largest absolute Gasteiger partial charge is 0.500 e. The summed E-state index contributed by atoms with van der Waals surface area (Å²) in [6.45, 7) is 5.19. The Bertz CT molecular complexity index is 647. The lowest BCUT2D eigenvalue weighted by Crippen LogP contribution is -2.19. The van der Waals surface area contributed by atoms with E-state index in [4.69, 9.17) is 32.7 Å². The molecule has 0 aliphatic carbocycles. The van der Waals surface area contributed by atoms with Crippen LogP contribution in [0.5, 0.6) is 0 Å². The molecule has 126 valence electrons. The van der Waals surface area contributed by atoms with E-state index in [2.05, 4.69) is 4.98 Å². The quantitative estimate of drug-likeness (QED) is 0.140. The first-order chi connectivity index (χ1) is 10.9. The van der Waals surface area contributed by atoms with Crippen LogP contribution in [0.25, 0.3) is 0 Å². The third-order valence-electron chi connectivity index (χ3n) is 2.84. The summed E-state index contributed by atoms with van der Waals surface area (Å²) in [5.74, 6) is -2.57. The summed E-state index contributed by atoms with van der Waals surface area (Å²) in [7, 11) is 0. The smallest absolute Gasteiger partial charge is 0.345 e. The maximum atomic E-state index is 14.1. The van der Waals surface area contributed by atoms with Gasteiger partial charge in [-0.25, -0.2) is 14.2 Å². The molecule has 0 saturated carbocycles. The number of aromatic nitrogens is 1. The molecule has 0 aliphatic heterocycles. The van der Waals surface area contributed by atoms with Crippen LogP contribution in [0.2, 0.25) is 10.3 Å². The topological polar surface area (TPSA) is 65.5 Å². The first-order valence-electron chi connectivity index (χ1n) is 6.95. The zero-order valence-electron chi connectivity index (χ0n) is 12.9. The average molecular weight is 364 g/mol. The van der Waals surface area contributed by atoms with Crippen LogP contribution in [0.3, 0.4) is 0 Å². The monoisotopic (exact) mass is 363 g/mol. The second-order valence-corrected chi connectivity index (χ2v) is 4.97. The van der Waals surface area contributed by atoms with Crippen LogP contribution in [0.1, 0.15) is 36.7 Å². The fourth-order valence-electron chi connectivity index (χ4n) is 1.82. The van der Waals surface area contributed by atoms with E-state index < -0.39 is 28.3 Å². The van der Waals surface area contributed by atoms with Gasteiger partial charge < -0.3 is 9.47 Å². The van der Waals surface area contributed by atoms with Gasteiger partial charge in [0.05, 0.1) is 18.8 Å². The number of halogens is 3. The van der Waals surface area contributed by atoms with Crippen LogP contribution >= 0.6 is 23.2 Å². The zero-order chi connectivity index (χ0) is 17.6. The summed E-state index contributed by atoms with van der Waals surface area (Å²) >= 11 is 11.6. The van der Waals surface area contributed by atoms with Crippen molar-refractivity contribution in [2.24, 2.45) is 0 Å². The number of carbonyl (C=O) groups is 2. The standard InChI is InChI=1S/C15H16Cl2FNO4/c1-4-8-10(13(16)19-14(17)11(8)18)12(20)9(7-22-5-2)15(21)23-6-3/h7H,4-6H2,1-3H3/b9-7+. The van der Waals surface area contributed by atoms with Gasteiger partial charge >= 0.3 is 5.97 Å². The van der Waals surface area contributed by atoms with Crippen molar-refractivity contribution in [3.05, 3.63) is 39.1 Å². The highest BCUT2D eigenvalue weighted by atomic mass is 35.5. The molecule has 0 atom stereocenters. The molecule has 0 spiro atoms. The Balaban J connectivity index is 3.45. The maximum Gasteiger partial charge on any atom is 0.345 e. The molecule has 0 aliphatic rings. The van der Waals surface area contributed by atoms with Crippen LogP contribution in [-0.4, -0.2) is 30.0 Å². The van der Waals surface area contributed by atoms with Gasteiger partial charge in [-0.05, 0) is 20.3 Å². The molecule has 8 heteroatoms. The van der Waals surface area contributed by atoms with Gasteiger partial charge in [-0.15, -0.1) is 0 Å². The number of pyridine rings is 1. The molecule has 0 saturated heterocycles. The molecule has 0 fully saturated rings. The highest BCUT2D eigenvalue weighted by molar-refractivity contribution is 6.37. The molecule has 1 rings (SSSR count). The summed E-state index contributed by atoms with van der Waals surface area (Å²) in [6, 6.07) is 0. The highest BCUT2D eigenvalue weighted by Crippen LogP contribution is 2.28. The van der Waals surface area contributed by atoms with Gasteiger partial charge in [-0.1, -0.05) is 30.1 Å². The zero-order valence-corrected chi connectivity index (χ0v) is 14.4. The molecule has 0 radical (unpaired) electrons. The van der Waals surface area contributed by atoms with Crippen LogP contribution in [-0.2, 0) is 20.7 Å². The molecule has 0 aromatic carbocycles. The van der Waals surface area contributed by atoms with Crippen molar-refractivity contribution in [1.82, 2.24) is 4.98 Å². The number of Topliss-reactive ketones (excluding diaryl/α,β-unsaturated/α-hetero) is 1. The van der Waals surface area contributed by atoms with E-state index in [9.17, 15) is 14.0 Å². The predicted molar refractivity (Wildman–Crippen MR) is 84.3 cm³/mol. The fraction of sp³-hybridized carbons (Fsp3) is 0.400. The number of rotatable bonds is 7. The Hall–Kier alpha value is -1.66. The number of ketones is 1. The lowest BCUT2D eigenvalue weighted by molar-refractivity contribution is -0.138. The average Bonchev–Trinajstić information content (AvgIpc) is 2.50. The van der Waals surface area contributed by atoms with Crippen molar-refractivity contribution in [2.75, 3.05) is 13.2 Å². The van der Waals surface area contributed by atoms with E-state index in [1.165, 1.54) is 0 Å². The summed E-state index contributed by atoms with van der Waals surface area (Å²) in [6.07, 6.45) is 1.11. The van der Waals surface area contributed by atoms with Gasteiger partial charge in [0.2, 0.25) is 5.78 Å². The van der Waals surface area contributed by atoms with Crippen molar-refractivity contribution in [2.45, 2.75) is 27.2 Å². The molecular weight excluding hydrogens is 348 g/mol. The molecule has 1 aromatic rings. The van der Waals surface area contributed by atoms with Gasteiger partial charge in [-0.3, -0.25) is 4.79 Å². The Labute approximate surface area is 143 Å². The number of hydrogen-bond donors (Lipinski definition) is 0. The van der Waals surface area contributed by atoms with Gasteiger partial charge in [0.15, 0.2) is 11.0 Å². The highest BCUT2D eigenvalue weighted by Gasteiger charge is 2.29. The third kappa shape index (κ3) is 4.42. The van der Waals surface area contributed by atoms with Crippen LogP contribution < -0.4 is 0 Å². The van der Waals surface area contributed by atoms with Gasteiger partial charge in [0, 0.05) is 5.56 Å². The van der Waals surface area contributed by atoms with E-state index >= 15 is 0 Å². The van der Waals surface area contributed by atoms with Crippen LogP contribution in [0.15, 0.2) is 11.8 Å². The first kappa shape index (κ1) is 19.4. The Morgan fingerprint density at radius 1 is 1.17 bits per heavy atom. The molecule has 1 heterocycles. The normalized spacial score (nSPS) is 11.3. The first-order valence-corrected chi connectivity index (χ1v) is 7.71. The summed E-state index contributed by atoms with van der Waals surface area (Å²) in [5.41, 5.74) is -0.643. The molecule has 5 nitrogen and oxygen atoms in total. The summed E-state index contributed by atoms with van der Waals surface area (Å²) < 4.78 is 23.9. The summed E-state index contributed by atoms with van der Waals surface area (Å²) in [4.78, 5) is 28.2. The van der Waals surface area contributed by atoms with Gasteiger partial charge in [0.25, 0.3) is 0 Å². The minimum Gasteiger partial charge on any atom is -0.500 e. The van der Waals surface area contributed by atoms with E-state index in [-0.39, 0.29) is 35.9 Å². The SMILES string of the molecule is CCO/C=C(/C(=O)OCC)C(=O)c1c(Cl)nc(Cl)c(F)c1CC. The van der Waals surface area contributed by atoms with Crippen LogP contribution in [0, 0.1) is 5.82 Å². The van der Waals surface area contributed by atoms with E-state index in [1.54, 1.807) is 20.8 Å². The van der Waals surface area contributed by atoms with Crippen molar-refractivity contribution in [1.29, 1.82) is 0 Å². The second-order valence-electron chi connectivity index (χ2n) is 4.25. The van der Waals surface area contributed by atoms with Crippen molar-refractivity contribution in [3.63, 3.8) is 0 Å². The number of esters is 1. The maximum absolute atomic E-state index is 14.1.